The smallest absolute Gasteiger partial charge is 0 e. The molecule has 0 aromatic carbocycles. The Morgan fingerprint density at radius 2 is 1.00 bits per heavy atom. The molecule has 0 amide bonds. The van der Waals surface area contributed by atoms with E-state index in [0.717, 1.165) is 0 Å². The van der Waals surface area contributed by atoms with E-state index in [1.165, 1.54) is 0 Å². The van der Waals surface area contributed by atoms with Gasteiger partial charge in [-0.15, -0.1) is 0 Å². The summed E-state index contributed by atoms with van der Waals surface area (Å²) in [4.78, 5) is 0. The minimum absolute atomic E-state index is 0. The summed E-state index contributed by atoms with van der Waals surface area (Å²) in [5, 5.41) is 0. The van der Waals surface area contributed by atoms with Gasteiger partial charge in [-0.3, -0.25) is 0 Å². The van der Waals surface area contributed by atoms with Crippen LogP contribution in [-0.2, 0) is 40.9 Å². The van der Waals surface area contributed by atoms with Crippen molar-refractivity contribution in [2.24, 2.45) is 0 Å². The SMILES string of the molecule is O.[Ag].[Pb].[V]. The Morgan fingerprint density at radius 3 is 1.00 bits per heavy atom. The molecule has 2 N–H and O–H groups in total. The molecule has 1 nitrogen and oxygen atoms in total. The third kappa shape index (κ3) is 8.88. The minimum atomic E-state index is 0. The van der Waals surface area contributed by atoms with Crippen LogP contribution < -0.4 is 0 Å². The van der Waals surface area contributed by atoms with Gasteiger partial charge < -0.3 is 5.48 Å². The zero-order valence-corrected chi connectivity index (χ0v) is 8.52. The van der Waals surface area contributed by atoms with Crippen LogP contribution in [0, 0.1) is 0 Å². The van der Waals surface area contributed by atoms with Crippen molar-refractivity contribution in [1.29, 1.82) is 0 Å². The van der Waals surface area contributed by atoms with Crippen LogP contribution in [0.4, 0.5) is 0 Å². The van der Waals surface area contributed by atoms with E-state index in [0.29, 0.717) is 0 Å². The monoisotopic (exact) mass is 384 g/mol. The normalized spacial score (nSPS) is 0. The van der Waals surface area contributed by atoms with Crippen LogP contribution in [-0.4, -0.2) is 32.8 Å². The average Bonchev–Trinajstić information content (AvgIpc) is 0. The summed E-state index contributed by atoms with van der Waals surface area (Å²) < 4.78 is 0. The van der Waals surface area contributed by atoms with Gasteiger partial charge in [0.15, 0.2) is 0 Å². The Labute approximate surface area is 72.8 Å². The van der Waals surface area contributed by atoms with Gasteiger partial charge in [0.2, 0.25) is 0 Å². The molecule has 0 aliphatic rings. The molecule has 0 aliphatic heterocycles. The van der Waals surface area contributed by atoms with E-state index >= 15 is 0 Å². The second kappa shape index (κ2) is 18.9. The van der Waals surface area contributed by atoms with Gasteiger partial charge in [-0.25, -0.2) is 0 Å². The molecule has 0 bridgehead atoms. The van der Waals surface area contributed by atoms with Gasteiger partial charge in [0.25, 0.3) is 0 Å². The number of rotatable bonds is 0. The molecule has 0 aromatic rings. The largest absolute Gasteiger partial charge is 0.412 e. The molecule has 0 unspecified atom stereocenters. The van der Waals surface area contributed by atoms with Crippen molar-refractivity contribution in [1.82, 2.24) is 0 Å². The van der Waals surface area contributed by atoms with Crippen LogP contribution in [0.15, 0.2) is 0 Å². The quantitative estimate of drug-likeness (QED) is 0.470. The molecule has 4 heteroatoms. The summed E-state index contributed by atoms with van der Waals surface area (Å²) in [6.07, 6.45) is 0. The molecule has 0 heterocycles. The van der Waals surface area contributed by atoms with E-state index in [1.807, 2.05) is 0 Å². The molecule has 0 saturated heterocycles. The second-order valence-electron chi connectivity index (χ2n) is 0. The van der Waals surface area contributed by atoms with Gasteiger partial charge in [-0.05, 0) is 0 Å². The van der Waals surface area contributed by atoms with Gasteiger partial charge in [0, 0.05) is 68.2 Å². The van der Waals surface area contributed by atoms with Gasteiger partial charge in [-0.2, -0.15) is 0 Å². The van der Waals surface area contributed by atoms with Crippen LogP contribution in [0.1, 0.15) is 0 Å². The maximum atomic E-state index is 0. The van der Waals surface area contributed by atoms with Crippen molar-refractivity contribution in [3.05, 3.63) is 0 Å². The predicted molar refractivity (Wildman–Crippen MR) is 9.37 cm³/mol. The Bertz CT molecular complexity index is 8.00. The zero-order valence-electron chi connectivity index (χ0n) is 1.75. The molecule has 0 rings (SSSR count). The third-order valence-electron chi connectivity index (χ3n) is 0. The fraction of sp³-hybridized carbons (Fsp3) is 0. The molecule has 0 fully saturated rings. The molecule has 0 spiro atoms. The van der Waals surface area contributed by atoms with Crippen LogP contribution in [0.5, 0.6) is 0 Å². The van der Waals surface area contributed by atoms with E-state index in [9.17, 15) is 0 Å². The van der Waals surface area contributed by atoms with E-state index in [-0.39, 0.29) is 73.7 Å². The second-order valence-corrected chi connectivity index (χ2v) is 0. The number of hydrogen-bond acceptors (Lipinski definition) is 0. The van der Waals surface area contributed by atoms with Crippen LogP contribution in [0.3, 0.4) is 0 Å². The summed E-state index contributed by atoms with van der Waals surface area (Å²) in [7, 11) is 0. The minimum Gasteiger partial charge on any atom is -0.412 e. The summed E-state index contributed by atoms with van der Waals surface area (Å²) in [6.45, 7) is 0. The maximum absolute atomic E-state index is 0. The molecule has 28 valence electrons. The predicted octanol–water partition coefficient (Wildman–Crippen LogP) is -1.21. The van der Waals surface area contributed by atoms with Crippen molar-refractivity contribution < 1.29 is 46.4 Å². The Morgan fingerprint density at radius 1 is 1.00 bits per heavy atom. The number of hydrogen-bond donors (Lipinski definition) is 0. The Balaban J connectivity index is 0. The van der Waals surface area contributed by atoms with Crippen molar-refractivity contribution in [3.8, 4) is 0 Å². The third-order valence-corrected chi connectivity index (χ3v) is 0. The molecule has 6 radical (unpaired) electrons. The van der Waals surface area contributed by atoms with Crippen molar-refractivity contribution in [3.63, 3.8) is 0 Å². The van der Waals surface area contributed by atoms with Gasteiger partial charge in [-0.1, -0.05) is 0 Å². The standard InChI is InChI=1S/Ag.H2O.Pb.V/h;1H2;;. The summed E-state index contributed by atoms with van der Waals surface area (Å²) >= 11 is 0. The van der Waals surface area contributed by atoms with E-state index < -0.39 is 0 Å². The van der Waals surface area contributed by atoms with Gasteiger partial charge >= 0.3 is 0 Å². The van der Waals surface area contributed by atoms with Gasteiger partial charge in [0.1, 0.15) is 0 Å². The first-order valence-corrected chi connectivity index (χ1v) is 0. The van der Waals surface area contributed by atoms with Crippen molar-refractivity contribution in [2.75, 3.05) is 0 Å². The summed E-state index contributed by atoms with van der Waals surface area (Å²) in [5.41, 5.74) is 0. The van der Waals surface area contributed by atoms with Crippen LogP contribution >= 0.6 is 0 Å². The fourth-order valence-electron chi connectivity index (χ4n) is 0. The average molecular weight is 384 g/mol. The first-order chi connectivity index (χ1) is 0. The van der Waals surface area contributed by atoms with Crippen LogP contribution in [0.25, 0.3) is 0 Å². The molecule has 0 aromatic heterocycles. The topological polar surface area (TPSA) is 31.5 Å². The fourth-order valence-corrected chi connectivity index (χ4v) is 0. The zero-order chi connectivity index (χ0) is 0. The van der Waals surface area contributed by atoms with E-state index in [2.05, 4.69) is 0 Å². The van der Waals surface area contributed by atoms with E-state index in [1.54, 1.807) is 0 Å². The van der Waals surface area contributed by atoms with Crippen LogP contribution in [0.2, 0.25) is 0 Å². The van der Waals surface area contributed by atoms with Crippen molar-refractivity contribution in [2.45, 2.75) is 0 Å². The summed E-state index contributed by atoms with van der Waals surface area (Å²) in [6, 6.07) is 0. The van der Waals surface area contributed by atoms with Gasteiger partial charge in [0.05, 0.1) is 0 Å². The first-order valence-electron chi connectivity index (χ1n) is 0. The molecule has 0 aliphatic carbocycles. The molecular weight excluding hydrogens is 382 g/mol. The molecule has 4 heavy (non-hydrogen) atoms. The first kappa shape index (κ1) is 34.6. The Kier molecular flexibility index (Phi) is 163. The Hall–Kier alpha value is 2.21. The van der Waals surface area contributed by atoms with Crippen molar-refractivity contribution >= 4 is 27.3 Å². The summed E-state index contributed by atoms with van der Waals surface area (Å²) in [5.74, 6) is 0. The van der Waals surface area contributed by atoms with E-state index in [4.69, 9.17) is 0 Å². The molecule has 0 atom stereocenters. The maximum Gasteiger partial charge on any atom is 0 e. The molecular formula is H2AgOPbV. The molecule has 0 saturated carbocycles.